The molecule has 0 spiro atoms. The Morgan fingerprint density at radius 2 is 1.93 bits per heavy atom. The van der Waals surface area contributed by atoms with Gasteiger partial charge < -0.3 is 14.4 Å². The van der Waals surface area contributed by atoms with E-state index in [9.17, 15) is 19.2 Å². The number of amides is 2. The molecule has 6 rings (SSSR count). The van der Waals surface area contributed by atoms with Gasteiger partial charge in [0.05, 0.1) is 30.3 Å². The first-order valence-corrected chi connectivity index (χ1v) is 13.2. The number of carbonyl (C=O) groups excluding carboxylic acids is 2. The Labute approximate surface area is 234 Å². The van der Waals surface area contributed by atoms with Crippen LogP contribution in [0.4, 0.5) is 24.1 Å². The van der Waals surface area contributed by atoms with Crippen molar-refractivity contribution in [3.8, 4) is 17.2 Å². The molecule has 11 nitrogen and oxygen atoms in total. The van der Waals surface area contributed by atoms with Crippen molar-refractivity contribution in [3.63, 3.8) is 0 Å². The highest BCUT2D eigenvalue weighted by Gasteiger charge is 2.71. The number of hydrogen-bond donors (Lipinski definition) is 0. The van der Waals surface area contributed by atoms with Crippen molar-refractivity contribution in [1.29, 1.82) is 5.26 Å². The number of fused-ring (bicyclic) bond motifs is 1. The monoisotopic (exact) mass is 563 g/mol. The van der Waals surface area contributed by atoms with Crippen LogP contribution in [-0.4, -0.2) is 68.4 Å². The maximum atomic E-state index is 15.6. The third-order valence-corrected chi connectivity index (χ3v) is 7.86. The Morgan fingerprint density at radius 3 is 2.56 bits per heavy atom. The Balaban J connectivity index is 1.22. The standard InChI is InChI=1S/C28H27F2N7O4/c1-27(2,3)41-25(38)35-13-21-22(14-35)28(21,15-31)20-6-7-32-9-19(20)18-5-4-16(8-23(18)29)36-11-17(40-26(36)39)12-37-24(30)10-33-34-37/h4-10,17,21-22H,11-14H2,1-3H3/t17-,21?,22?,28?/m1/s1. The second-order valence-electron chi connectivity index (χ2n) is 11.5. The highest BCUT2D eigenvalue weighted by Crippen LogP contribution is 2.64. The highest BCUT2D eigenvalue weighted by atomic mass is 19.1. The van der Waals surface area contributed by atoms with E-state index in [-0.39, 0.29) is 36.2 Å². The number of hydrogen-bond acceptors (Lipinski definition) is 8. The van der Waals surface area contributed by atoms with Gasteiger partial charge in [-0.15, -0.1) is 5.10 Å². The fraction of sp³-hybridized carbons (Fsp3) is 0.429. The third kappa shape index (κ3) is 4.53. The second-order valence-corrected chi connectivity index (χ2v) is 11.5. The first kappa shape index (κ1) is 26.6. The molecule has 4 heterocycles. The summed E-state index contributed by atoms with van der Waals surface area (Å²) in [6, 6.07) is 8.55. The zero-order valence-electron chi connectivity index (χ0n) is 22.6. The number of aromatic nitrogens is 4. The van der Waals surface area contributed by atoms with Gasteiger partial charge in [0, 0.05) is 48.4 Å². The Bertz CT molecular complexity index is 1570. The van der Waals surface area contributed by atoms with Crippen molar-refractivity contribution in [2.24, 2.45) is 11.8 Å². The zero-order valence-corrected chi connectivity index (χ0v) is 22.6. The zero-order chi connectivity index (χ0) is 29.1. The maximum Gasteiger partial charge on any atom is 0.414 e. The lowest BCUT2D eigenvalue weighted by atomic mass is 9.86. The van der Waals surface area contributed by atoms with Crippen LogP contribution in [0.5, 0.6) is 0 Å². The van der Waals surface area contributed by atoms with E-state index < -0.39 is 41.1 Å². The van der Waals surface area contributed by atoms with Crippen molar-refractivity contribution in [1.82, 2.24) is 24.9 Å². The fourth-order valence-corrected chi connectivity index (χ4v) is 5.98. The predicted octanol–water partition coefficient (Wildman–Crippen LogP) is 3.90. The summed E-state index contributed by atoms with van der Waals surface area (Å²) in [5.74, 6) is -1.50. The van der Waals surface area contributed by atoms with E-state index in [4.69, 9.17) is 9.47 Å². The molecule has 0 bridgehead atoms. The maximum absolute atomic E-state index is 15.6. The number of likely N-dealkylation sites (tertiary alicyclic amines) is 1. The molecule has 1 saturated carbocycles. The minimum atomic E-state index is -0.884. The predicted molar refractivity (Wildman–Crippen MR) is 139 cm³/mol. The van der Waals surface area contributed by atoms with Gasteiger partial charge in [0.1, 0.15) is 23.7 Å². The molecule has 2 amide bonds. The van der Waals surface area contributed by atoms with Crippen molar-refractivity contribution in [2.45, 2.75) is 44.4 Å². The van der Waals surface area contributed by atoms with Crippen LogP contribution < -0.4 is 4.90 Å². The van der Waals surface area contributed by atoms with Crippen LogP contribution in [0.2, 0.25) is 0 Å². The van der Waals surface area contributed by atoms with Gasteiger partial charge >= 0.3 is 12.2 Å². The van der Waals surface area contributed by atoms with Crippen LogP contribution in [0.1, 0.15) is 26.3 Å². The molecule has 0 N–H and O–H groups in total. The lowest BCUT2D eigenvalue weighted by Crippen LogP contribution is -2.39. The van der Waals surface area contributed by atoms with Gasteiger partial charge in [0.2, 0.25) is 5.95 Å². The molecule has 212 valence electrons. The van der Waals surface area contributed by atoms with Crippen molar-refractivity contribution < 1.29 is 27.8 Å². The van der Waals surface area contributed by atoms with Gasteiger partial charge in [-0.1, -0.05) is 5.21 Å². The normalized spacial score (nSPS) is 25.1. The number of anilines is 1. The fourth-order valence-electron chi connectivity index (χ4n) is 5.98. The molecule has 1 aromatic carbocycles. The number of pyridine rings is 1. The van der Waals surface area contributed by atoms with E-state index in [1.54, 1.807) is 50.1 Å². The molecule has 2 aromatic heterocycles. The molecular weight excluding hydrogens is 536 g/mol. The summed E-state index contributed by atoms with van der Waals surface area (Å²) < 4.78 is 41.1. The van der Waals surface area contributed by atoms with E-state index >= 15 is 4.39 Å². The summed E-state index contributed by atoms with van der Waals surface area (Å²) in [7, 11) is 0. The molecule has 3 aromatic rings. The van der Waals surface area contributed by atoms with E-state index in [1.165, 1.54) is 17.2 Å². The molecule has 2 unspecified atom stereocenters. The average Bonchev–Trinajstić information content (AvgIpc) is 3.34. The van der Waals surface area contributed by atoms with E-state index in [0.717, 1.165) is 10.9 Å². The van der Waals surface area contributed by atoms with Crippen molar-refractivity contribution in [2.75, 3.05) is 24.5 Å². The number of ether oxygens (including phenoxy) is 2. The number of nitrogens with zero attached hydrogens (tertiary/aromatic N) is 7. The minimum absolute atomic E-state index is 0.0301. The molecule has 0 radical (unpaired) electrons. The number of nitriles is 1. The first-order valence-electron chi connectivity index (χ1n) is 13.2. The topological polar surface area (TPSA) is 126 Å². The van der Waals surface area contributed by atoms with Gasteiger partial charge in [-0.3, -0.25) is 9.88 Å². The van der Waals surface area contributed by atoms with Crippen LogP contribution in [0.3, 0.4) is 0 Å². The molecular formula is C28H27F2N7O4. The molecule has 13 heteroatoms. The molecule has 3 aliphatic rings. The summed E-state index contributed by atoms with van der Waals surface area (Å²) in [5, 5.41) is 17.4. The Kier molecular flexibility index (Phi) is 6.17. The summed E-state index contributed by atoms with van der Waals surface area (Å²) in [5.41, 5.74) is 0.115. The summed E-state index contributed by atoms with van der Waals surface area (Å²) in [6.45, 7) is 6.18. The molecule has 1 aliphatic carbocycles. The highest BCUT2D eigenvalue weighted by molar-refractivity contribution is 5.90. The smallest absolute Gasteiger partial charge is 0.414 e. The number of cyclic esters (lactones) is 1. The summed E-state index contributed by atoms with van der Waals surface area (Å²) >= 11 is 0. The van der Waals surface area contributed by atoms with E-state index in [2.05, 4.69) is 21.4 Å². The number of piperidine rings is 1. The van der Waals surface area contributed by atoms with Gasteiger partial charge in [-0.2, -0.15) is 9.65 Å². The van der Waals surface area contributed by atoms with Gasteiger partial charge in [-0.05, 0) is 50.6 Å². The molecule has 3 fully saturated rings. The molecule has 2 aliphatic heterocycles. The van der Waals surface area contributed by atoms with E-state index in [0.29, 0.717) is 24.2 Å². The summed E-state index contributed by atoms with van der Waals surface area (Å²) in [4.78, 5) is 32.2. The third-order valence-electron chi connectivity index (χ3n) is 7.86. The molecule has 3 atom stereocenters. The van der Waals surface area contributed by atoms with Crippen molar-refractivity contribution >= 4 is 17.9 Å². The number of halogens is 2. The summed E-state index contributed by atoms with van der Waals surface area (Å²) in [6.07, 6.45) is 2.26. The number of carbonyl (C=O) groups is 2. The van der Waals surface area contributed by atoms with Crippen LogP contribution in [0.15, 0.2) is 42.9 Å². The van der Waals surface area contributed by atoms with Gasteiger partial charge in [-0.25, -0.2) is 18.7 Å². The first-order chi connectivity index (χ1) is 19.5. The van der Waals surface area contributed by atoms with Crippen LogP contribution in [-0.2, 0) is 21.4 Å². The van der Waals surface area contributed by atoms with Crippen LogP contribution >= 0.6 is 0 Å². The molecule has 41 heavy (non-hydrogen) atoms. The lowest BCUT2D eigenvalue weighted by molar-refractivity contribution is 0.0266. The van der Waals surface area contributed by atoms with E-state index in [1.807, 2.05) is 0 Å². The Morgan fingerprint density at radius 1 is 1.17 bits per heavy atom. The largest absolute Gasteiger partial charge is 0.444 e. The average molecular weight is 564 g/mol. The van der Waals surface area contributed by atoms with Gasteiger partial charge in [0.25, 0.3) is 0 Å². The molecule has 2 saturated heterocycles. The lowest BCUT2D eigenvalue weighted by Gasteiger charge is -2.27. The quantitative estimate of drug-likeness (QED) is 0.458. The van der Waals surface area contributed by atoms with Gasteiger partial charge in [0.15, 0.2) is 0 Å². The SMILES string of the molecule is CC(C)(C)OC(=O)N1CC2C(C1)C2(C#N)c1ccncc1-c1ccc(N2C[C@H](Cn3nncc3F)OC2=O)cc1F. The second kappa shape index (κ2) is 9.50. The van der Waals surface area contributed by atoms with Crippen LogP contribution in [0.25, 0.3) is 11.1 Å². The van der Waals surface area contributed by atoms with Crippen molar-refractivity contribution in [3.05, 3.63) is 60.2 Å². The van der Waals surface area contributed by atoms with Crippen LogP contribution in [0, 0.1) is 34.9 Å². The number of rotatable bonds is 5. The Hall–Kier alpha value is -4.60. The minimum Gasteiger partial charge on any atom is -0.444 e. The number of benzene rings is 1.